The number of aryl methyl sites for hydroxylation is 1. The molecule has 1 amide bonds. The van der Waals surface area contributed by atoms with Crippen molar-refractivity contribution in [1.82, 2.24) is 0 Å². The van der Waals surface area contributed by atoms with Crippen LogP contribution < -0.4 is 9.62 Å². The third kappa shape index (κ3) is 3.49. The first-order valence-corrected chi connectivity index (χ1v) is 9.12. The second kappa shape index (κ2) is 6.49. The van der Waals surface area contributed by atoms with Gasteiger partial charge in [0.25, 0.3) is 10.0 Å². The van der Waals surface area contributed by atoms with Gasteiger partial charge in [0.2, 0.25) is 5.91 Å². The molecule has 124 valence electrons. The van der Waals surface area contributed by atoms with Gasteiger partial charge in [-0.25, -0.2) is 8.42 Å². The Morgan fingerprint density at radius 2 is 1.79 bits per heavy atom. The molecular weight excluding hydrogens is 324 g/mol. The molecule has 0 saturated carbocycles. The number of nitrogens with one attached hydrogen (secondary N) is 1. The molecule has 3 rings (SSSR count). The Kier molecular flexibility index (Phi) is 4.40. The number of hydrogen-bond acceptors (Lipinski definition) is 3. The summed E-state index contributed by atoms with van der Waals surface area (Å²) in [6.45, 7) is 2.09. The first-order valence-electron chi connectivity index (χ1n) is 7.62. The van der Waals surface area contributed by atoms with E-state index >= 15 is 0 Å². The third-order valence-corrected chi connectivity index (χ3v) is 5.28. The number of sulfonamides is 1. The van der Waals surface area contributed by atoms with Crippen LogP contribution in [0.2, 0.25) is 0 Å². The molecule has 1 heterocycles. The van der Waals surface area contributed by atoms with E-state index in [2.05, 4.69) is 5.32 Å². The molecular formula is C18H18N2O3S. The van der Waals surface area contributed by atoms with Crippen LogP contribution in [0.25, 0.3) is 6.08 Å². The number of anilines is 2. The summed E-state index contributed by atoms with van der Waals surface area (Å²) in [5.74, 6) is -0.192. The van der Waals surface area contributed by atoms with Gasteiger partial charge in [-0.05, 0) is 30.7 Å². The van der Waals surface area contributed by atoms with Crippen LogP contribution in [0.15, 0.2) is 53.9 Å². The highest BCUT2D eigenvalue weighted by Crippen LogP contribution is 2.31. The quantitative estimate of drug-likeness (QED) is 0.932. The summed E-state index contributed by atoms with van der Waals surface area (Å²) in [4.78, 5) is 11.8. The molecule has 0 aliphatic carbocycles. The summed E-state index contributed by atoms with van der Waals surface area (Å²) in [7, 11) is -3.69. The number of amides is 1. The predicted molar refractivity (Wildman–Crippen MR) is 96.2 cm³/mol. The first-order chi connectivity index (χ1) is 11.5. The number of para-hydroxylation sites is 2. The highest BCUT2D eigenvalue weighted by Gasteiger charge is 2.26. The van der Waals surface area contributed by atoms with E-state index in [1.54, 1.807) is 30.3 Å². The fourth-order valence-electron chi connectivity index (χ4n) is 2.51. The third-order valence-electron chi connectivity index (χ3n) is 3.81. The Hall–Kier alpha value is -2.60. The number of carbonyl (C=O) groups excluding carboxylic acids is 1. The zero-order chi connectivity index (χ0) is 17.2. The SMILES string of the molecule is Cc1ccc(/C=C/S(=O)(=O)N2CCC(=O)Nc3ccccc32)cc1. The number of hydrogen-bond donors (Lipinski definition) is 1. The molecule has 6 heteroatoms. The van der Waals surface area contributed by atoms with E-state index in [0.29, 0.717) is 11.4 Å². The lowest BCUT2D eigenvalue weighted by atomic mass is 10.2. The molecule has 0 saturated heterocycles. The largest absolute Gasteiger partial charge is 0.324 e. The van der Waals surface area contributed by atoms with Crippen LogP contribution >= 0.6 is 0 Å². The molecule has 0 radical (unpaired) electrons. The molecule has 0 bridgehead atoms. The Balaban J connectivity index is 1.94. The van der Waals surface area contributed by atoms with Crippen LogP contribution in [-0.2, 0) is 14.8 Å². The van der Waals surface area contributed by atoms with E-state index in [1.165, 1.54) is 9.71 Å². The molecule has 0 fully saturated rings. The van der Waals surface area contributed by atoms with E-state index in [1.807, 2.05) is 31.2 Å². The van der Waals surface area contributed by atoms with Gasteiger partial charge in [0, 0.05) is 13.0 Å². The van der Waals surface area contributed by atoms with Crippen LogP contribution in [0.3, 0.4) is 0 Å². The predicted octanol–water partition coefficient (Wildman–Crippen LogP) is 3.14. The van der Waals surface area contributed by atoms with Gasteiger partial charge in [-0.3, -0.25) is 9.10 Å². The maximum atomic E-state index is 12.7. The van der Waals surface area contributed by atoms with Crippen LogP contribution in [0, 0.1) is 6.92 Å². The maximum absolute atomic E-state index is 12.7. The van der Waals surface area contributed by atoms with Gasteiger partial charge in [0.15, 0.2) is 0 Å². The van der Waals surface area contributed by atoms with Crippen LogP contribution in [0.1, 0.15) is 17.5 Å². The minimum absolute atomic E-state index is 0.115. The van der Waals surface area contributed by atoms with Crippen molar-refractivity contribution in [3.8, 4) is 0 Å². The van der Waals surface area contributed by atoms with Gasteiger partial charge < -0.3 is 5.32 Å². The average molecular weight is 342 g/mol. The zero-order valence-electron chi connectivity index (χ0n) is 13.3. The molecule has 24 heavy (non-hydrogen) atoms. The normalized spacial score (nSPS) is 15.0. The van der Waals surface area contributed by atoms with Crippen molar-refractivity contribution in [2.45, 2.75) is 13.3 Å². The van der Waals surface area contributed by atoms with Crippen molar-refractivity contribution in [3.63, 3.8) is 0 Å². The van der Waals surface area contributed by atoms with Gasteiger partial charge in [-0.1, -0.05) is 42.0 Å². The Morgan fingerprint density at radius 3 is 2.54 bits per heavy atom. The van der Waals surface area contributed by atoms with Gasteiger partial charge in [-0.15, -0.1) is 0 Å². The van der Waals surface area contributed by atoms with Gasteiger partial charge in [0.05, 0.1) is 16.8 Å². The zero-order valence-corrected chi connectivity index (χ0v) is 14.1. The van der Waals surface area contributed by atoms with Gasteiger partial charge in [0.1, 0.15) is 0 Å². The van der Waals surface area contributed by atoms with E-state index in [0.717, 1.165) is 11.1 Å². The lowest BCUT2D eigenvalue weighted by molar-refractivity contribution is -0.115. The molecule has 0 atom stereocenters. The van der Waals surface area contributed by atoms with E-state index in [-0.39, 0.29) is 18.9 Å². The molecule has 1 N–H and O–H groups in total. The minimum atomic E-state index is -3.69. The highest BCUT2D eigenvalue weighted by atomic mass is 32.2. The van der Waals surface area contributed by atoms with Crippen molar-refractivity contribution in [1.29, 1.82) is 0 Å². The first kappa shape index (κ1) is 16.3. The average Bonchev–Trinajstić information content (AvgIpc) is 2.73. The van der Waals surface area contributed by atoms with Gasteiger partial charge in [-0.2, -0.15) is 0 Å². The Morgan fingerprint density at radius 1 is 1.08 bits per heavy atom. The Labute approximate surface area is 141 Å². The summed E-state index contributed by atoms with van der Waals surface area (Å²) < 4.78 is 26.8. The van der Waals surface area contributed by atoms with Crippen molar-refractivity contribution in [3.05, 3.63) is 65.1 Å². The van der Waals surface area contributed by atoms with Crippen LogP contribution in [-0.4, -0.2) is 20.9 Å². The molecule has 0 unspecified atom stereocenters. The smallest absolute Gasteiger partial charge is 0.257 e. The monoisotopic (exact) mass is 342 g/mol. The number of fused-ring (bicyclic) bond motifs is 1. The topological polar surface area (TPSA) is 66.5 Å². The fraction of sp³-hybridized carbons (Fsp3) is 0.167. The fourth-order valence-corrected chi connectivity index (χ4v) is 3.77. The molecule has 0 aromatic heterocycles. The molecule has 2 aromatic carbocycles. The van der Waals surface area contributed by atoms with Gasteiger partial charge >= 0.3 is 0 Å². The van der Waals surface area contributed by atoms with Crippen molar-refractivity contribution >= 4 is 33.4 Å². The number of benzene rings is 2. The van der Waals surface area contributed by atoms with Crippen molar-refractivity contribution in [2.75, 3.05) is 16.2 Å². The highest BCUT2D eigenvalue weighted by molar-refractivity contribution is 7.95. The molecule has 1 aliphatic rings. The molecule has 2 aromatic rings. The summed E-state index contributed by atoms with van der Waals surface area (Å²) >= 11 is 0. The summed E-state index contributed by atoms with van der Waals surface area (Å²) in [6, 6.07) is 14.5. The number of carbonyl (C=O) groups is 1. The standard InChI is InChI=1S/C18H18N2O3S/c1-14-6-8-15(9-7-14)11-13-24(22,23)20-12-10-18(21)19-16-4-2-3-5-17(16)20/h2-9,11,13H,10,12H2,1H3,(H,19,21)/b13-11+. The second-order valence-electron chi connectivity index (χ2n) is 5.65. The number of nitrogens with zero attached hydrogens (tertiary/aromatic N) is 1. The van der Waals surface area contributed by atoms with E-state index < -0.39 is 10.0 Å². The lowest BCUT2D eigenvalue weighted by Crippen LogP contribution is -2.30. The summed E-state index contributed by atoms with van der Waals surface area (Å²) in [5.41, 5.74) is 2.91. The maximum Gasteiger partial charge on any atom is 0.257 e. The second-order valence-corrected chi connectivity index (χ2v) is 7.39. The van der Waals surface area contributed by atoms with E-state index in [9.17, 15) is 13.2 Å². The van der Waals surface area contributed by atoms with Crippen molar-refractivity contribution < 1.29 is 13.2 Å². The molecule has 0 spiro atoms. The Bertz CT molecular complexity index is 887. The van der Waals surface area contributed by atoms with Crippen LogP contribution in [0.4, 0.5) is 11.4 Å². The molecule has 1 aliphatic heterocycles. The lowest BCUT2D eigenvalue weighted by Gasteiger charge is -2.21. The van der Waals surface area contributed by atoms with E-state index in [4.69, 9.17) is 0 Å². The molecule has 5 nitrogen and oxygen atoms in total. The summed E-state index contributed by atoms with van der Waals surface area (Å²) in [6.07, 6.45) is 1.68. The minimum Gasteiger partial charge on any atom is -0.324 e. The number of rotatable bonds is 3. The van der Waals surface area contributed by atoms with Crippen molar-refractivity contribution in [2.24, 2.45) is 0 Å². The summed E-state index contributed by atoms with van der Waals surface area (Å²) in [5, 5.41) is 3.92. The van der Waals surface area contributed by atoms with Crippen LogP contribution in [0.5, 0.6) is 0 Å².